The van der Waals surface area contributed by atoms with E-state index in [1.165, 1.54) is 0 Å². The molecule has 1 heterocycles. The number of rotatable bonds is 7. The number of aryl methyl sites for hydroxylation is 2. The first kappa shape index (κ1) is 22.9. The highest BCUT2D eigenvalue weighted by molar-refractivity contribution is 7.89. The second kappa shape index (κ2) is 9.41. The predicted molar refractivity (Wildman–Crippen MR) is 115 cm³/mol. The Hall–Kier alpha value is -2.39. The normalized spacial score (nSPS) is 12.8. The number of hydrogen-bond donors (Lipinski definition) is 3. The summed E-state index contributed by atoms with van der Waals surface area (Å²) >= 11 is 0. The molecule has 0 aliphatic heterocycles. The molecular formula is C20H31N5O3S. The van der Waals surface area contributed by atoms with Gasteiger partial charge in [0, 0.05) is 25.6 Å². The van der Waals surface area contributed by atoms with Gasteiger partial charge in [-0.1, -0.05) is 32.9 Å². The minimum atomic E-state index is -3.56. The molecule has 0 unspecified atom stereocenters. The van der Waals surface area contributed by atoms with Gasteiger partial charge in [-0.25, -0.2) is 18.1 Å². The molecule has 1 aromatic heterocycles. The maximum Gasteiger partial charge on any atom is 0.240 e. The Kier molecular flexibility index (Phi) is 7.43. The van der Waals surface area contributed by atoms with E-state index in [2.05, 4.69) is 46.1 Å². The number of guanidine groups is 1. The summed E-state index contributed by atoms with van der Waals surface area (Å²) in [7, 11) is -1.92. The molecule has 160 valence electrons. The Labute approximate surface area is 173 Å². The summed E-state index contributed by atoms with van der Waals surface area (Å²) < 4.78 is 33.4. The van der Waals surface area contributed by atoms with Crippen LogP contribution >= 0.6 is 0 Å². The molecule has 29 heavy (non-hydrogen) atoms. The molecule has 2 rings (SSSR count). The summed E-state index contributed by atoms with van der Waals surface area (Å²) in [6.07, 6.45) is 1.73. The molecule has 0 saturated heterocycles. The lowest BCUT2D eigenvalue weighted by molar-refractivity contribution is 0.379. The molecule has 0 amide bonds. The van der Waals surface area contributed by atoms with Crippen molar-refractivity contribution in [3.05, 3.63) is 47.2 Å². The standard InChI is InChI=1S/C20H31N5O3S/c1-14-7-8-15(2)16(11-14)29(26,27)25-10-9-22-19(21-6)24-13-18-23-12-17(28-18)20(3,4)5/h7-8,11-12,25H,9-10,13H2,1-6H3,(H2,21,22,24). The maximum atomic E-state index is 12.5. The van der Waals surface area contributed by atoms with Crippen molar-refractivity contribution in [2.45, 2.75) is 51.5 Å². The Balaban J connectivity index is 1.82. The van der Waals surface area contributed by atoms with E-state index >= 15 is 0 Å². The van der Waals surface area contributed by atoms with Crippen molar-refractivity contribution >= 4 is 16.0 Å². The molecule has 2 aromatic rings. The Bertz CT molecular complexity index is 959. The van der Waals surface area contributed by atoms with Crippen molar-refractivity contribution < 1.29 is 12.8 Å². The summed E-state index contributed by atoms with van der Waals surface area (Å²) in [6, 6.07) is 5.37. The number of nitrogens with one attached hydrogen (secondary N) is 3. The van der Waals surface area contributed by atoms with Crippen LogP contribution < -0.4 is 15.4 Å². The van der Waals surface area contributed by atoms with Crippen LogP contribution in [0.1, 0.15) is 43.5 Å². The smallest absolute Gasteiger partial charge is 0.240 e. The van der Waals surface area contributed by atoms with Crippen molar-refractivity contribution in [1.82, 2.24) is 20.3 Å². The number of benzene rings is 1. The molecule has 0 spiro atoms. The first-order valence-electron chi connectivity index (χ1n) is 9.49. The van der Waals surface area contributed by atoms with E-state index in [-0.39, 0.29) is 12.0 Å². The van der Waals surface area contributed by atoms with E-state index in [9.17, 15) is 8.42 Å². The van der Waals surface area contributed by atoms with Crippen LogP contribution in [0.25, 0.3) is 0 Å². The van der Waals surface area contributed by atoms with Gasteiger partial charge in [-0.05, 0) is 31.0 Å². The summed E-state index contributed by atoms with van der Waals surface area (Å²) in [6.45, 7) is 10.8. The molecule has 3 N–H and O–H groups in total. The monoisotopic (exact) mass is 421 g/mol. The van der Waals surface area contributed by atoms with Gasteiger partial charge in [-0.3, -0.25) is 4.99 Å². The molecule has 1 aromatic carbocycles. The number of oxazole rings is 1. The number of aromatic nitrogens is 1. The molecule has 0 fully saturated rings. The molecule has 0 bridgehead atoms. The zero-order valence-electron chi connectivity index (χ0n) is 18.0. The third-order valence-corrected chi connectivity index (χ3v) is 5.87. The zero-order chi connectivity index (χ0) is 21.7. The first-order chi connectivity index (χ1) is 13.5. The number of sulfonamides is 1. The van der Waals surface area contributed by atoms with Crippen molar-refractivity contribution in [3.8, 4) is 0 Å². The number of nitrogens with zero attached hydrogens (tertiary/aromatic N) is 2. The maximum absolute atomic E-state index is 12.5. The van der Waals surface area contributed by atoms with Gasteiger partial charge < -0.3 is 15.1 Å². The molecule has 0 atom stereocenters. The van der Waals surface area contributed by atoms with Crippen LogP contribution in [0.5, 0.6) is 0 Å². The fraction of sp³-hybridized carbons (Fsp3) is 0.500. The molecule has 0 aliphatic carbocycles. The lowest BCUT2D eigenvalue weighted by Gasteiger charge is -2.14. The quantitative estimate of drug-likeness (QED) is 0.359. The van der Waals surface area contributed by atoms with E-state index in [0.717, 1.165) is 11.3 Å². The van der Waals surface area contributed by atoms with E-state index in [1.807, 2.05) is 19.1 Å². The van der Waals surface area contributed by atoms with Gasteiger partial charge in [0.25, 0.3) is 0 Å². The Morgan fingerprint density at radius 3 is 2.52 bits per heavy atom. The van der Waals surface area contributed by atoms with Crippen LogP contribution in [0, 0.1) is 13.8 Å². The highest BCUT2D eigenvalue weighted by Crippen LogP contribution is 2.22. The van der Waals surface area contributed by atoms with Crippen molar-refractivity contribution in [2.75, 3.05) is 20.1 Å². The molecule has 9 heteroatoms. The van der Waals surface area contributed by atoms with E-state index < -0.39 is 10.0 Å². The van der Waals surface area contributed by atoms with E-state index in [4.69, 9.17) is 4.42 Å². The lowest BCUT2D eigenvalue weighted by atomic mass is 9.94. The third-order valence-electron chi connectivity index (χ3n) is 4.27. The van der Waals surface area contributed by atoms with Gasteiger partial charge in [-0.2, -0.15) is 0 Å². The summed E-state index contributed by atoms with van der Waals surface area (Å²) in [5, 5.41) is 6.17. The van der Waals surface area contributed by atoms with Crippen molar-refractivity contribution in [3.63, 3.8) is 0 Å². The van der Waals surface area contributed by atoms with Crippen molar-refractivity contribution in [2.24, 2.45) is 4.99 Å². The topological polar surface area (TPSA) is 109 Å². The van der Waals surface area contributed by atoms with Crippen LogP contribution in [0.3, 0.4) is 0 Å². The molecular weight excluding hydrogens is 390 g/mol. The molecule has 0 radical (unpaired) electrons. The van der Waals surface area contributed by atoms with Crippen LogP contribution in [0.15, 0.2) is 38.7 Å². The van der Waals surface area contributed by atoms with Gasteiger partial charge in [0.2, 0.25) is 15.9 Å². The third kappa shape index (κ3) is 6.57. The van der Waals surface area contributed by atoms with Gasteiger partial charge in [0.15, 0.2) is 5.96 Å². The Morgan fingerprint density at radius 1 is 1.17 bits per heavy atom. The summed E-state index contributed by atoms with van der Waals surface area (Å²) in [5.74, 6) is 1.91. The van der Waals surface area contributed by atoms with Crippen LogP contribution in [0.2, 0.25) is 0 Å². The molecule has 8 nitrogen and oxygen atoms in total. The van der Waals surface area contributed by atoms with Gasteiger partial charge in [0.1, 0.15) is 5.76 Å². The average Bonchev–Trinajstić information content (AvgIpc) is 3.12. The van der Waals surface area contributed by atoms with E-state index in [1.54, 1.807) is 26.2 Å². The predicted octanol–water partition coefficient (Wildman–Crippen LogP) is 2.23. The lowest BCUT2D eigenvalue weighted by Crippen LogP contribution is -2.41. The van der Waals surface area contributed by atoms with Gasteiger partial charge in [-0.15, -0.1) is 0 Å². The fourth-order valence-corrected chi connectivity index (χ4v) is 3.92. The van der Waals surface area contributed by atoms with Gasteiger partial charge in [0.05, 0.1) is 17.6 Å². The minimum Gasteiger partial charge on any atom is -0.443 e. The SMILES string of the molecule is CN=C(NCCNS(=O)(=O)c1cc(C)ccc1C)NCc1ncc(C(C)(C)C)o1. The minimum absolute atomic E-state index is 0.0992. The fourth-order valence-electron chi connectivity index (χ4n) is 2.56. The summed E-state index contributed by atoms with van der Waals surface area (Å²) in [4.78, 5) is 8.69. The zero-order valence-corrected chi connectivity index (χ0v) is 18.8. The van der Waals surface area contributed by atoms with Crippen molar-refractivity contribution in [1.29, 1.82) is 0 Å². The second-order valence-electron chi connectivity index (χ2n) is 7.89. The van der Waals surface area contributed by atoms with Crippen LogP contribution in [-0.4, -0.2) is 39.5 Å². The summed E-state index contributed by atoms with van der Waals surface area (Å²) in [5.41, 5.74) is 1.52. The van der Waals surface area contributed by atoms with Gasteiger partial charge >= 0.3 is 0 Å². The van der Waals surface area contributed by atoms with Crippen LogP contribution in [0.4, 0.5) is 0 Å². The Morgan fingerprint density at radius 2 is 1.90 bits per heavy atom. The highest BCUT2D eigenvalue weighted by atomic mass is 32.2. The number of hydrogen-bond acceptors (Lipinski definition) is 5. The molecule has 0 saturated carbocycles. The number of aliphatic imine (C=N–C) groups is 1. The first-order valence-corrected chi connectivity index (χ1v) is 11.0. The second-order valence-corrected chi connectivity index (χ2v) is 9.62. The largest absolute Gasteiger partial charge is 0.443 e. The van der Waals surface area contributed by atoms with Crippen LogP contribution in [-0.2, 0) is 22.0 Å². The van der Waals surface area contributed by atoms with E-state index in [0.29, 0.717) is 35.4 Å². The highest BCUT2D eigenvalue weighted by Gasteiger charge is 2.19. The average molecular weight is 422 g/mol. The molecule has 0 aliphatic rings.